The molecule has 21 heavy (non-hydrogen) atoms. The molecule has 1 aliphatic heterocycles. The summed E-state index contributed by atoms with van der Waals surface area (Å²) in [5.41, 5.74) is 0.665. The Morgan fingerprint density at radius 3 is 3.00 bits per heavy atom. The Morgan fingerprint density at radius 2 is 2.29 bits per heavy atom. The maximum absolute atomic E-state index is 11.1. The first kappa shape index (κ1) is 15.7. The van der Waals surface area contributed by atoms with Crippen molar-refractivity contribution in [2.24, 2.45) is 0 Å². The fourth-order valence-corrected chi connectivity index (χ4v) is 2.41. The highest BCUT2D eigenvalue weighted by Crippen LogP contribution is 2.28. The number of hydrogen-bond acceptors (Lipinski definition) is 6. The molecule has 0 aliphatic carbocycles. The molecule has 1 saturated heterocycles. The maximum atomic E-state index is 11.1. The molecule has 1 aromatic carbocycles. The third-order valence-electron chi connectivity index (χ3n) is 3.63. The molecule has 0 spiro atoms. The van der Waals surface area contributed by atoms with Crippen LogP contribution >= 0.6 is 0 Å². The zero-order valence-corrected chi connectivity index (χ0v) is 12.4. The summed E-state index contributed by atoms with van der Waals surface area (Å²) < 4.78 is 10.9. The highest BCUT2D eigenvalue weighted by Gasteiger charge is 2.27. The van der Waals surface area contributed by atoms with E-state index >= 15 is 0 Å². The summed E-state index contributed by atoms with van der Waals surface area (Å²) in [4.78, 5) is 14.8. The van der Waals surface area contributed by atoms with Gasteiger partial charge >= 0.3 is 0 Å². The highest BCUT2D eigenvalue weighted by atomic mass is 16.6. The molecule has 1 unspecified atom stereocenters. The van der Waals surface area contributed by atoms with E-state index < -0.39 is 0 Å². The number of rotatable bonds is 6. The Labute approximate surface area is 124 Å². The van der Waals surface area contributed by atoms with Crippen LogP contribution in [0.15, 0.2) is 24.3 Å². The second kappa shape index (κ2) is 7.35. The molecule has 0 radical (unpaired) electrons. The lowest BCUT2D eigenvalue weighted by Gasteiger charge is -2.38. The van der Waals surface area contributed by atoms with Crippen molar-refractivity contribution in [3.05, 3.63) is 34.4 Å². The van der Waals surface area contributed by atoms with E-state index in [0.29, 0.717) is 25.4 Å². The molecule has 1 heterocycles. The lowest BCUT2D eigenvalue weighted by molar-refractivity contribution is -0.384. The molecule has 0 amide bonds. The van der Waals surface area contributed by atoms with Gasteiger partial charge < -0.3 is 14.4 Å². The van der Waals surface area contributed by atoms with Crippen LogP contribution in [-0.2, 0) is 9.47 Å². The molecule has 7 heteroatoms. The number of nitro benzene ring substituents is 1. The first-order valence-electron chi connectivity index (χ1n) is 6.92. The Morgan fingerprint density at radius 1 is 1.52 bits per heavy atom. The maximum Gasteiger partial charge on any atom is 0.292 e. The predicted molar refractivity (Wildman–Crippen MR) is 79.6 cm³/mol. The lowest BCUT2D eigenvalue weighted by atomic mass is 10.2. The molecule has 2 rings (SSSR count). The quantitative estimate of drug-likeness (QED) is 0.582. The average Bonchev–Trinajstić information content (AvgIpc) is 2.52. The summed E-state index contributed by atoms with van der Waals surface area (Å²) in [6, 6.07) is 6.72. The van der Waals surface area contributed by atoms with Crippen LogP contribution in [0.25, 0.3) is 0 Å². The predicted octanol–water partition coefficient (Wildman–Crippen LogP) is 1.34. The van der Waals surface area contributed by atoms with E-state index in [4.69, 9.17) is 9.47 Å². The first-order chi connectivity index (χ1) is 10.1. The molecule has 0 saturated carbocycles. The van der Waals surface area contributed by atoms with E-state index in [-0.39, 0.29) is 16.8 Å². The van der Waals surface area contributed by atoms with Gasteiger partial charge in [-0.3, -0.25) is 15.0 Å². The summed E-state index contributed by atoms with van der Waals surface area (Å²) >= 11 is 0. The summed E-state index contributed by atoms with van der Waals surface area (Å²) in [5.74, 6) is 0. The van der Waals surface area contributed by atoms with Gasteiger partial charge in [-0.25, -0.2) is 0 Å². The topological polar surface area (TPSA) is 68.1 Å². The zero-order chi connectivity index (χ0) is 15.2. The van der Waals surface area contributed by atoms with Crippen LogP contribution in [0.5, 0.6) is 0 Å². The van der Waals surface area contributed by atoms with Crippen LogP contribution in [0.2, 0.25) is 0 Å². The minimum atomic E-state index is -0.364. The van der Waals surface area contributed by atoms with Crippen LogP contribution in [-0.4, -0.2) is 63.1 Å². The molecule has 116 valence electrons. The van der Waals surface area contributed by atoms with Crippen LogP contribution in [0.3, 0.4) is 0 Å². The van der Waals surface area contributed by atoms with E-state index in [0.717, 1.165) is 13.1 Å². The second-order valence-corrected chi connectivity index (χ2v) is 4.98. The minimum absolute atomic E-state index is 0.0950. The number of benzene rings is 1. The number of anilines is 1. The van der Waals surface area contributed by atoms with Crippen molar-refractivity contribution in [3.8, 4) is 0 Å². The van der Waals surface area contributed by atoms with Gasteiger partial charge in [0.05, 0.1) is 18.1 Å². The number of methoxy groups -OCH3 is 1. The Hall–Kier alpha value is -1.70. The SMILES string of the molecule is COCCN1CCOC(N(C)c2ccccc2[N+](=O)[O-])C1. The van der Waals surface area contributed by atoms with Gasteiger partial charge in [0.25, 0.3) is 5.69 Å². The highest BCUT2D eigenvalue weighted by molar-refractivity contribution is 5.62. The first-order valence-corrected chi connectivity index (χ1v) is 6.92. The number of nitro groups is 1. The minimum Gasteiger partial charge on any atom is -0.383 e. The number of para-hydroxylation sites is 2. The molecule has 0 aromatic heterocycles. The van der Waals surface area contributed by atoms with Crippen molar-refractivity contribution in [1.29, 1.82) is 0 Å². The monoisotopic (exact) mass is 295 g/mol. The molecule has 1 atom stereocenters. The normalized spacial score (nSPS) is 19.4. The molecular formula is C14H21N3O4. The fourth-order valence-electron chi connectivity index (χ4n) is 2.41. The van der Waals surface area contributed by atoms with Crippen molar-refractivity contribution in [1.82, 2.24) is 4.90 Å². The van der Waals surface area contributed by atoms with Crippen LogP contribution in [0.4, 0.5) is 11.4 Å². The van der Waals surface area contributed by atoms with E-state index in [2.05, 4.69) is 4.90 Å². The second-order valence-electron chi connectivity index (χ2n) is 4.98. The molecule has 0 bridgehead atoms. The van der Waals surface area contributed by atoms with Gasteiger partial charge in [-0.2, -0.15) is 0 Å². The van der Waals surface area contributed by atoms with E-state index in [1.165, 1.54) is 6.07 Å². The van der Waals surface area contributed by atoms with E-state index in [9.17, 15) is 10.1 Å². The van der Waals surface area contributed by atoms with Crippen molar-refractivity contribution >= 4 is 11.4 Å². The molecular weight excluding hydrogens is 274 g/mol. The molecule has 1 aliphatic rings. The number of likely N-dealkylation sites (N-methyl/N-ethyl adjacent to an activating group) is 1. The molecule has 0 N–H and O–H groups in total. The van der Waals surface area contributed by atoms with Crippen molar-refractivity contribution in [2.75, 3.05) is 51.9 Å². The number of ether oxygens (including phenoxy) is 2. The Kier molecular flexibility index (Phi) is 5.49. The summed E-state index contributed by atoms with van der Waals surface area (Å²) in [5, 5.41) is 11.1. The number of nitrogens with zero attached hydrogens (tertiary/aromatic N) is 3. The largest absolute Gasteiger partial charge is 0.383 e. The number of morpholine rings is 1. The fraction of sp³-hybridized carbons (Fsp3) is 0.571. The molecule has 1 fully saturated rings. The summed E-state index contributed by atoms with van der Waals surface area (Å²) in [6.07, 6.45) is -0.197. The molecule has 1 aromatic rings. The van der Waals surface area contributed by atoms with Crippen molar-refractivity contribution < 1.29 is 14.4 Å². The van der Waals surface area contributed by atoms with Crippen molar-refractivity contribution in [2.45, 2.75) is 6.23 Å². The van der Waals surface area contributed by atoms with Gasteiger partial charge in [0.15, 0.2) is 0 Å². The Balaban J connectivity index is 2.09. The zero-order valence-electron chi connectivity index (χ0n) is 12.4. The van der Waals surface area contributed by atoms with Crippen LogP contribution < -0.4 is 4.90 Å². The van der Waals surface area contributed by atoms with E-state index in [1.54, 1.807) is 25.3 Å². The summed E-state index contributed by atoms with van der Waals surface area (Å²) in [6.45, 7) is 3.67. The van der Waals surface area contributed by atoms with Gasteiger partial charge in [0.2, 0.25) is 0 Å². The Bertz CT molecular complexity index is 483. The third-order valence-corrected chi connectivity index (χ3v) is 3.63. The van der Waals surface area contributed by atoms with Gasteiger partial charge in [0.1, 0.15) is 11.9 Å². The summed E-state index contributed by atoms with van der Waals surface area (Å²) in [7, 11) is 3.50. The standard InChI is InChI=1S/C14H21N3O4/c1-15(12-5-3-4-6-13(12)17(18)19)14-11-16(7-9-20-2)8-10-21-14/h3-6,14H,7-11H2,1-2H3. The van der Waals surface area contributed by atoms with Crippen LogP contribution in [0, 0.1) is 10.1 Å². The van der Waals surface area contributed by atoms with Crippen molar-refractivity contribution in [3.63, 3.8) is 0 Å². The van der Waals surface area contributed by atoms with Gasteiger partial charge in [-0.05, 0) is 6.07 Å². The van der Waals surface area contributed by atoms with E-state index in [1.807, 2.05) is 11.9 Å². The lowest BCUT2D eigenvalue weighted by Crippen LogP contribution is -2.50. The smallest absolute Gasteiger partial charge is 0.292 e. The molecule has 7 nitrogen and oxygen atoms in total. The van der Waals surface area contributed by atoms with Gasteiger partial charge in [0, 0.05) is 39.9 Å². The third kappa shape index (κ3) is 3.90. The average molecular weight is 295 g/mol. The van der Waals surface area contributed by atoms with Crippen LogP contribution in [0.1, 0.15) is 0 Å². The number of hydrogen-bond donors (Lipinski definition) is 0. The van der Waals surface area contributed by atoms with Gasteiger partial charge in [-0.15, -0.1) is 0 Å². The van der Waals surface area contributed by atoms with Gasteiger partial charge in [-0.1, -0.05) is 12.1 Å².